The Morgan fingerprint density at radius 2 is 1.60 bits per heavy atom. The highest BCUT2D eigenvalue weighted by Crippen LogP contribution is 2.48. The van der Waals surface area contributed by atoms with Gasteiger partial charge in [-0.3, -0.25) is 14.5 Å². The first-order chi connectivity index (χ1) is 16.7. The van der Waals surface area contributed by atoms with Crippen LogP contribution < -0.4 is 14.4 Å². The minimum absolute atomic E-state index is 0.0315. The first-order valence-corrected chi connectivity index (χ1v) is 11.5. The number of methoxy groups -OCH3 is 2. The number of ether oxygens (including phenoxy) is 2. The van der Waals surface area contributed by atoms with Crippen LogP contribution in [0.3, 0.4) is 0 Å². The molecule has 6 nitrogen and oxygen atoms in total. The predicted molar refractivity (Wildman–Crippen MR) is 137 cm³/mol. The van der Waals surface area contributed by atoms with Gasteiger partial charge in [0.2, 0.25) is 0 Å². The molecule has 1 amide bonds. The zero-order chi connectivity index (χ0) is 25.4. The van der Waals surface area contributed by atoms with Gasteiger partial charge in [0.1, 0.15) is 10.8 Å². The maximum atomic E-state index is 13.4. The van der Waals surface area contributed by atoms with Crippen molar-refractivity contribution in [2.45, 2.75) is 19.9 Å². The lowest BCUT2D eigenvalue weighted by atomic mass is 9.94. The number of amides is 1. The Morgan fingerprint density at radius 1 is 0.943 bits per heavy atom. The van der Waals surface area contributed by atoms with E-state index in [2.05, 4.69) is 0 Å². The highest BCUT2D eigenvalue weighted by molar-refractivity contribution is 6.52. The van der Waals surface area contributed by atoms with Gasteiger partial charge in [-0.15, -0.1) is 0 Å². The summed E-state index contributed by atoms with van der Waals surface area (Å²) in [6.07, 6.45) is 0. The highest BCUT2D eigenvalue weighted by atomic mass is 35.5. The molecule has 8 heteroatoms. The van der Waals surface area contributed by atoms with Crippen molar-refractivity contribution >= 4 is 46.3 Å². The van der Waals surface area contributed by atoms with E-state index in [0.29, 0.717) is 11.3 Å². The molecule has 1 unspecified atom stereocenters. The quantitative estimate of drug-likeness (QED) is 0.248. The van der Waals surface area contributed by atoms with Crippen molar-refractivity contribution in [3.8, 4) is 11.5 Å². The number of carbonyl (C=O) groups is 2. The molecule has 1 aliphatic rings. The predicted octanol–water partition coefficient (Wildman–Crippen LogP) is 6.25. The number of anilines is 1. The number of halogens is 2. The molecule has 0 spiro atoms. The fraction of sp³-hybridized carbons (Fsp3) is 0.185. The number of Topliss-reactive ketones (excluding diaryl/α,β-unsaturated/α-hetero) is 1. The van der Waals surface area contributed by atoms with Crippen LogP contribution in [0.15, 0.2) is 60.2 Å². The molecule has 1 saturated heterocycles. The van der Waals surface area contributed by atoms with Gasteiger partial charge >= 0.3 is 0 Å². The SMILES string of the molecule is COc1c(Cl)cc(/C(O)=C2\C(=O)C(=O)N(c3cccc(C)c3C)C2c2ccccc2)c(OC)c1Cl. The third-order valence-electron chi connectivity index (χ3n) is 6.19. The molecule has 1 fully saturated rings. The van der Waals surface area contributed by atoms with Crippen molar-refractivity contribution in [3.05, 3.63) is 92.5 Å². The first kappa shape index (κ1) is 24.6. The van der Waals surface area contributed by atoms with E-state index >= 15 is 0 Å². The number of nitrogens with zero attached hydrogens (tertiary/aromatic N) is 1. The molecule has 4 rings (SSSR count). The van der Waals surface area contributed by atoms with E-state index in [-0.39, 0.29) is 32.7 Å². The second kappa shape index (κ2) is 9.64. The maximum absolute atomic E-state index is 13.4. The van der Waals surface area contributed by atoms with Crippen molar-refractivity contribution in [1.29, 1.82) is 0 Å². The Kier molecular flexibility index (Phi) is 6.79. The van der Waals surface area contributed by atoms with Gasteiger partial charge in [-0.1, -0.05) is 65.7 Å². The molecule has 35 heavy (non-hydrogen) atoms. The van der Waals surface area contributed by atoms with Crippen molar-refractivity contribution in [3.63, 3.8) is 0 Å². The lowest BCUT2D eigenvalue weighted by Crippen LogP contribution is -2.30. The normalized spacial score (nSPS) is 17.1. The molecule has 3 aromatic carbocycles. The van der Waals surface area contributed by atoms with Gasteiger partial charge in [-0.2, -0.15) is 0 Å². The molecule has 180 valence electrons. The second-order valence-electron chi connectivity index (χ2n) is 8.09. The van der Waals surface area contributed by atoms with Crippen LogP contribution in [0.25, 0.3) is 5.76 Å². The molecule has 0 saturated carbocycles. The van der Waals surface area contributed by atoms with Crippen molar-refractivity contribution in [2.24, 2.45) is 0 Å². The summed E-state index contributed by atoms with van der Waals surface area (Å²) < 4.78 is 10.7. The number of aliphatic hydroxyl groups is 1. The third-order valence-corrected chi connectivity index (χ3v) is 6.81. The summed E-state index contributed by atoms with van der Waals surface area (Å²) >= 11 is 12.8. The van der Waals surface area contributed by atoms with Gasteiger partial charge < -0.3 is 14.6 Å². The zero-order valence-corrected chi connectivity index (χ0v) is 21.1. The minimum Gasteiger partial charge on any atom is -0.507 e. The Labute approximate surface area is 213 Å². The molecular weight excluding hydrogens is 489 g/mol. The van der Waals surface area contributed by atoms with Gasteiger partial charge in [-0.25, -0.2) is 0 Å². The van der Waals surface area contributed by atoms with Gasteiger partial charge in [0.25, 0.3) is 11.7 Å². The van der Waals surface area contributed by atoms with Crippen LogP contribution in [0.1, 0.15) is 28.3 Å². The molecular formula is C27H23Cl2NO5. The lowest BCUT2D eigenvalue weighted by molar-refractivity contribution is -0.132. The summed E-state index contributed by atoms with van der Waals surface area (Å²) in [6, 6.07) is 15.1. The van der Waals surface area contributed by atoms with E-state index in [0.717, 1.165) is 11.1 Å². The van der Waals surface area contributed by atoms with Crippen LogP contribution in [-0.4, -0.2) is 31.0 Å². The summed E-state index contributed by atoms with van der Waals surface area (Å²) in [5.41, 5.74) is 3.02. The third kappa shape index (κ3) is 4.03. The summed E-state index contributed by atoms with van der Waals surface area (Å²) in [5, 5.41) is 11.6. The summed E-state index contributed by atoms with van der Waals surface area (Å²) in [7, 11) is 2.77. The monoisotopic (exact) mass is 511 g/mol. The molecule has 1 aliphatic heterocycles. The number of ketones is 1. The van der Waals surface area contributed by atoms with Crippen LogP contribution in [0, 0.1) is 13.8 Å². The van der Waals surface area contributed by atoms with E-state index in [1.165, 1.54) is 25.2 Å². The second-order valence-corrected chi connectivity index (χ2v) is 8.87. The molecule has 0 radical (unpaired) electrons. The molecule has 0 aromatic heterocycles. The van der Waals surface area contributed by atoms with Gasteiger partial charge in [0.05, 0.1) is 36.4 Å². The smallest absolute Gasteiger partial charge is 0.300 e. The number of carbonyl (C=O) groups excluding carboxylic acids is 2. The average molecular weight is 512 g/mol. The lowest BCUT2D eigenvalue weighted by Gasteiger charge is -2.27. The molecule has 3 aromatic rings. The Hall–Kier alpha value is -3.48. The Balaban J connectivity index is 2.04. The standard InChI is InChI=1S/C27H23Cl2NO5/c1-14-9-8-12-19(15(14)2)30-22(16-10-6-5-7-11-16)20(24(32)27(30)33)23(31)17-13-18(28)26(35-4)21(29)25(17)34-3/h5-13,22,31H,1-4H3/b23-20+. The summed E-state index contributed by atoms with van der Waals surface area (Å²) in [6.45, 7) is 3.82. The minimum atomic E-state index is -0.888. The van der Waals surface area contributed by atoms with Crippen LogP contribution in [0.2, 0.25) is 10.0 Å². The Bertz CT molecular complexity index is 1370. The van der Waals surface area contributed by atoms with Gasteiger partial charge in [0, 0.05) is 5.69 Å². The van der Waals surface area contributed by atoms with E-state index < -0.39 is 23.5 Å². The van der Waals surface area contributed by atoms with Crippen molar-refractivity contribution < 1.29 is 24.2 Å². The molecule has 1 atom stereocenters. The number of hydrogen-bond donors (Lipinski definition) is 1. The first-order valence-electron chi connectivity index (χ1n) is 10.7. The van der Waals surface area contributed by atoms with Crippen LogP contribution in [0.5, 0.6) is 11.5 Å². The van der Waals surface area contributed by atoms with E-state index in [9.17, 15) is 14.7 Å². The van der Waals surface area contributed by atoms with E-state index in [1.54, 1.807) is 30.3 Å². The highest BCUT2D eigenvalue weighted by Gasteiger charge is 2.47. The molecule has 0 bridgehead atoms. The fourth-order valence-corrected chi connectivity index (χ4v) is 5.01. The molecule has 1 N–H and O–H groups in total. The van der Waals surface area contributed by atoms with Crippen LogP contribution in [-0.2, 0) is 9.59 Å². The zero-order valence-electron chi connectivity index (χ0n) is 19.6. The Morgan fingerprint density at radius 3 is 2.23 bits per heavy atom. The maximum Gasteiger partial charge on any atom is 0.300 e. The van der Waals surface area contributed by atoms with Gasteiger partial charge in [0.15, 0.2) is 11.5 Å². The number of benzene rings is 3. The topological polar surface area (TPSA) is 76.1 Å². The summed E-state index contributed by atoms with van der Waals surface area (Å²) in [5.74, 6) is -1.80. The van der Waals surface area contributed by atoms with Crippen molar-refractivity contribution in [1.82, 2.24) is 0 Å². The fourth-order valence-electron chi connectivity index (χ4n) is 4.32. The van der Waals surface area contributed by atoms with Crippen molar-refractivity contribution in [2.75, 3.05) is 19.1 Å². The molecule has 0 aliphatic carbocycles. The molecule has 1 heterocycles. The summed E-state index contributed by atoms with van der Waals surface area (Å²) in [4.78, 5) is 28.3. The van der Waals surface area contributed by atoms with Crippen LogP contribution in [0.4, 0.5) is 5.69 Å². The number of aliphatic hydroxyl groups excluding tert-OH is 1. The number of hydrogen-bond acceptors (Lipinski definition) is 5. The van der Waals surface area contributed by atoms with Crippen LogP contribution >= 0.6 is 23.2 Å². The van der Waals surface area contributed by atoms with E-state index in [1.807, 2.05) is 32.0 Å². The number of rotatable bonds is 5. The largest absolute Gasteiger partial charge is 0.507 e. The van der Waals surface area contributed by atoms with E-state index in [4.69, 9.17) is 32.7 Å². The van der Waals surface area contributed by atoms with Gasteiger partial charge in [-0.05, 0) is 42.7 Å². The number of aryl methyl sites for hydroxylation is 1. The average Bonchev–Trinajstić information content (AvgIpc) is 3.11.